The van der Waals surface area contributed by atoms with Crippen LogP contribution in [0.3, 0.4) is 0 Å². The topological polar surface area (TPSA) is 21.5 Å². The Hall–Kier alpha value is -1.77. The Morgan fingerprint density at radius 2 is 2.00 bits per heavy atom. The van der Waals surface area contributed by atoms with Gasteiger partial charge in [0.05, 0.1) is 14.2 Å². The second kappa shape index (κ2) is 5.71. The summed E-state index contributed by atoms with van der Waals surface area (Å²) >= 11 is 0. The minimum atomic E-state index is 0.790. The van der Waals surface area contributed by atoms with Crippen LogP contribution in [0.15, 0.2) is 24.8 Å². The lowest BCUT2D eigenvalue weighted by atomic mass is 10.0. The van der Waals surface area contributed by atoms with E-state index in [1.54, 1.807) is 14.2 Å². The lowest BCUT2D eigenvalue weighted by Gasteiger charge is -2.15. The monoisotopic (exact) mass is 246 g/mol. The largest absolute Gasteiger partial charge is 0.493 e. The Kier molecular flexibility index (Phi) is 4.03. The van der Waals surface area contributed by atoms with Gasteiger partial charge in [-0.25, -0.2) is 4.58 Å². The maximum atomic E-state index is 5.34. The van der Waals surface area contributed by atoms with Crippen molar-refractivity contribution in [2.75, 3.05) is 27.3 Å². The normalized spacial score (nSPS) is 13.6. The Balaban J connectivity index is 2.31. The third kappa shape index (κ3) is 2.55. The van der Waals surface area contributed by atoms with Crippen LogP contribution in [-0.4, -0.2) is 38.1 Å². The SMILES string of the molecule is C=CCC[N+]1=Cc2cc(OC)c(OC)cc2CC1. The summed E-state index contributed by atoms with van der Waals surface area (Å²) in [5.74, 6) is 1.60. The molecule has 0 amide bonds. The van der Waals surface area contributed by atoms with Crippen molar-refractivity contribution >= 4 is 6.21 Å². The van der Waals surface area contributed by atoms with Crippen molar-refractivity contribution in [3.8, 4) is 11.5 Å². The Morgan fingerprint density at radius 3 is 2.67 bits per heavy atom. The zero-order valence-corrected chi connectivity index (χ0v) is 11.1. The molecule has 0 radical (unpaired) electrons. The van der Waals surface area contributed by atoms with Gasteiger partial charge in [-0.1, -0.05) is 6.08 Å². The molecule has 2 rings (SSSR count). The number of nitrogens with zero attached hydrogens (tertiary/aromatic N) is 1. The molecule has 96 valence electrons. The first-order valence-corrected chi connectivity index (χ1v) is 6.23. The first-order chi connectivity index (χ1) is 8.78. The predicted octanol–water partition coefficient (Wildman–Crippen LogP) is 2.27. The van der Waals surface area contributed by atoms with Crippen molar-refractivity contribution in [1.29, 1.82) is 0 Å². The van der Waals surface area contributed by atoms with Crippen molar-refractivity contribution in [2.24, 2.45) is 0 Å². The standard InChI is InChI=1S/C15H20NO2/c1-4-5-7-16-8-6-12-9-14(17-2)15(18-3)10-13(12)11-16/h4,9-11H,1,5-8H2,2-3H3/q+1. The Labute approximate surface area is 108 Å². The fourth-order valence-electron chi connectivity index (χ4n) is 2.23. The van der Waals surface area contributed by atoms with Gasteiger partial charge >= 0.3 is 0 Å². The highest BCUT2D eigenvalue weighted by Gasteiger charge is 2.18. The summed E-state index contributed by atoms with van der Waals surface area (Å²) in [6.45, 7) is 5.84. The first kappa shape index (κ1) is 12.7. The molecule has 1 aliphatic rings. The van der Waals surface area contributed by atoms with Crippen LogP contribution in [-0.2, 0) is 6.42 Å². The van der Waals surface area contributed by atoms with Crippen molar-refractivity contribution in [2.45, 2.75) is 12.8 Å². The second-order valence-electron chi connectivity index (χ2n) is 4.40. The minimum Gasteiger partial charge on any atom is -0.493 e. The molecular formula is C15H20NO2+. The van der Waals surface area contributed by atoms with Gasteiger partial charge in [-0.15, -0.1) is 6.58 Å². The van der Waals surface area contributed by atoms with Gasteiger partial charge in [0.15, 0.2) is 17.7 Å². The Morgan fingerprint density at radius 1 is 1.28 bits per heavy atom. The van der Waals surface area contributed by atoms with E-state index < -0.39 is 0 Å². The van der Waals surface area contributed by atoms with Crippen molar-refractivity contribution < 1.29 is 14.0 Å². The predicted molar refractivity (Wildman–Crippen MR) is 73.2 cm³/mol. The third-order valence-corrected chi connectivity index (χ3v) is 3.26. The van der Waals surface area contributed by atoms with Crippen LogP contribution in [0.5, 0.6) is 11.5 Å². The van der Waals surface area contributed by atoms with E-state index in [-0.39, 0.29) is 0 Å². The van der Waals surface area contributed by atoms with Crippen LogP contribution in [0.4, 0.5) is 0 Å². The van der Waals surface area contributed by atoms with Gasteiger partial charge in [0, 0.05) is 18.4 Å². The smallest absolute Gasteiger partial charge is 0.171 e. The summed E-state index contributed by atoms with van der Waals surface area (Å²) in [5, 5.41) is 0. The molecule has 0 unspecified atom stereocenters. The molecule has 3 nitrogen and oxygen atoms in total. The number of methoxy groups -OCH3 is 2. The average molecular weight is 246 g/mol. The third-order valence-electron chi connectivity index (χ3n) is 3.26. The van der Waals surface area contributed by atoms with E-state index in [2.05, 4.69) is 23.4 Å². The van der Waals surface area contributed by atoms with Gasteiger partial charge < -0.3 is 9.47 Å². The van der Waals surface area contributed by atoms with Crippen LogP contribution >= 0.6 is 0 Å². The van der Waals surface area contributed by atoms with Gasteiger partial charge in [0.25, 0.3) is 0 Å². The second-order valence-corrected chi connectivity index (χ2v) is 4.40. The van der Waals surface area contributed by atoms with Crippen LogP contribution in [0.25, 0.3) is 0 Å². The van der Waals surface area contributed by atoms with Crippen LogP contribution in [0.1, 0.15) is 17.5 Å². The molecular weight excluding hydrogens is 226 g/mol. The molecule has 18 heavy (non-hydrogen) atoms. The quantitative estimate of drug-likeness (QED) is 0.587. The van der Waals surface area contributed by atoms with E-state index in [4.69, 9.17) is 9.47 Å². The van der Waals surface area contributed by atoms with Crippen molar-refractivity contribution in [3.63, 3.8) is 0 Å². The molecule has 3 heteroatoms. The fraction of sp³-hybridized carbons (Fsp3) is 0.400. The van der Waals surface area contributed by atoms with Crippen molar-refractivity contribution in [1.82, 2.24) is 0 Å². The highest BCUT2D eigenvalue weighted by molar-refractivity contribution is 5.80. The van der Waals surface area contributed by atoms with Crippen LogP contribution in [0, 0.1) is 0 Å². The van der Waals surface area contributed by atoms with Gasteiger partial charge in [-0.2, -0.15) is 0 Å². The molecule has 1 aliphatic heterocycles. The number of ether oxygens (including phenoxy) is 2. The van der Waals surface area contributed by atoms with Gasteiger partial charge in [0.1, 0.15) is 13.1 Å². The minimum absolute atomic E-state index is 0.790. The summed E-state index contributed by atoms with van der Waals surface area (Å²) < 4.78 is 13.0. The molecule has 0 bridgehead atoms. The molecule has 1 aromatic carbocycles. The lowest BCUT2D eigenvalue weighted by Crippen LogP contribution is -2.23. The maximum absolute atomic E-state index is 5.34. The molecule has 0 spiro atoms. The highest BCUT2D eigenvalue weighted by atomic mass is 16.5. The number of benzene rings is 1. The van der Waals surface area contributed by atoms with E-state index in [0.29, 0.717) is 0 Å². The van der Waals surface area contributed by atoms with Crippen LogP contribution in [0.2, 0.25) is 0 Å². The molecule has 0 N–H and O–H groups in total. The maximum Gasteiger partial charge on any atom is 0.171 e. The van der Waals surface area contributed by atoms with E-state index in [1.807, 2.05) is 12.1 Å². The number of hydrogen-bond donors (Lipinski definition) is 0. The fourth-order valence-corrected chi connectivity index (χ4v) is 2.23. The van der Waals surface area contributed by atoms with Gasteiger partial charge in [-0.3, -0.25) is 0 Å². The first-order valence-electron chi connectivity index (χ1n) is 6.23. The molecule has 0 aliphatic carbocycles. The van der Waals surface area contributed by atoms with Gasteiger partial charge in [-0.05, 0) is 17.7 Å². The zero-order valence-electron chi connectivity index (χ0n) is 11.1. The average Bonchev–Trinajstić information content (AvgIpc) is 2.43. The Bertz CT molecular complexity index is 478. The zero-order chi connectivity index (χ0) is 13.0. The van der Waals surface area contributed by atoms with Gasteiger partial charge in [0.2, 0.25) is 0 Å². The highest BCUT2D eigenvalue weighted by Crippen LogP contribution is 2.31. The molecule has 1 aromatic rings. The number of hydrogen-bond acceptors (Lipinski definition) is 2. The van der Waals surface area contributed by atoms with E-state index >= 15 is 0 Å². The summed E-state index contributed by atoms with van der Waals surface area (Å²) in [6, 6.07) is 4.13. The molecule has 0 fully saturated rings. The van der Waals surface area contributed by atoms with E-state index in [0.717, 1.165) is 37.4 Å². The summed E-state index contributed by atoms with van der Waals surface area (Å²) in [4.78, 5) is 0. The van der Waals surface area contributed by atoms with E-state index in [1.165, 1.54) is 11.1 Å². The number of rotatable bonds is 5. The molecule has 1 heterocycles. The molecule has 0 saturated carbocycles. The molecule has 0 atom stereocenters. The van der Waals surface area contributed by atoms with Crippen LogP contribution < -0.4 is 9.47 Å². The molecule has 0 aromatic heterocycles. The van der Waals surface area contributed by atoms with E-state index in [9.17, 15) is 0 Å². The van der Waals surface area contributed by atoms with Crippen molar-refractivity contribution in [3.05, 3.63) is 35.9 Å². The summed E-state index contributed by atoms with van der Waals surface area (Å²) in [7, 11) is 3.34. The molecule has 0 saturated heterocycles. The number of fused-ring (bicyclic) bond motifs is 1. The summed E-state index contributed by atoms with van der Waals surface area (Å²) in [6.07, 6.45) is 6.21. The summed E-state index contributed by atoms with van der Waals surface area (Å²) in [5.41, 5.74) is 2.55. The lowest BCUT2D eigenvalue weighted by molar-refractivity contribution is -0.523.